The highest BCUT2D eigenvalue weighted by molar-refractivity contribution is 6.17. The number of hydrogen-bond acceptors (Lipinski definition) is 2. The summed E-state index contributed by atoms with van der Waals surface area (Å²) in [6.45, 7) is 2.11. The van der Waals surface area contributed by atoms with Gasteiger partial charge in [-0.1, -0.05) is 31.4 Å². The maximum absolute atomic E-state index is 11.3. The largest absolute Gasteiger partial charge is 0.449 e. The Bertz CT molecular complexity index is 159. The van der Waals surface area contributed by atoms with Crippen molar-refractivity contribution in [2.75, 3.05) is 6.07 Å². The second-order valence-corrected chi connectivity index (χ2v) is 3.66. The number of ether oxygens (including phenoxy) is 1. The van der Waals surface area contributed by atoms with Gasteiger partial charge in [-0.15, -0.1) is 0 Å². The minimum absolute atomic E-state index is 0.0119. The molecule has 0 heterocycles. The first-order chi connectivity index (χ1) is 5.75. The van der Waals surface area contributed by atoms with Gasteiger partial charge in [-0.2, -0.15) is 0 Å². The molecule has 3 heteroatoms. The summed E-state index contributed by atoms with van der Waals surface area (Å²) < 4.78 is 4.78. The van der Waals surface area contributed by atoms with Crippen LogP contribution >= 0.6 is 11.6 Å². The molecule has 2 unspecified atom stereocenters. The number of alkyl halides is 1. The molecule has 1 rings (SSSR count). The van der Waals surface area contributed by atoms with Crippen LogP contribution < -0.4 is 0 Å². The molecule has 0 N–H and O–H groups in total. The van der Waals surface area contributed by atoms with Crippen LogP contribution in [0.25, 0.3) is 0 Å². The van der Waals surface area contributed by atoms with E-state index < -0.39 is 0 Å². The first-order valence-corrected chi connectivity index (χ1v) is 5.01. The van der Waals surface area contributed by atoms with Gasteiger partial charge in [0.1, 0.15) is 0 Å². The van der Waals surface area contributed by atoms with Gasteiger partial charge in [-0.05, 0) is 18.8 Å². The summed E-state index contributed by atoms with van der Waals surface area (Å²) in [6.07, 6.45) is 4.50. The highest BCUT2D eigenvalue weighted by atomic mass is 35.5. The summed E-state index contributed by atoms with van der Waals surface area (Å²) in [5.74, 6) is 0.448. The van der Waals surface area contributed by atoms with E-state index in [1.807, 2.05) is 0 Å². The van der Waals surface area contributed by atoms with E-state index in [1.165, 1.54) is 6.42 Å². The van der Waals surface area contributed by atoms with Crippen molar-refractivity contribution >= 4 is 17.6 Å². The number of halogens is 1. The molecule has 2 nitrogen and oxygen atoms in total. The highest BCUT2D eigenvalue weighted by Crippen LogP contribution is 2.30. The van der Waals surface area contributed by atoms with Gasteiger partial charge in [0.15, 0.2) is 6.07 Å². The van der Waals surface area contributed by atoms with Crippen LogP contribution in [0.5, 0.6) is 0 Å². The van der Waals surface area contributed by atoms with E-state index in [-0.39, 0.29) is 18.0 Å². The van der Waals surface area contributed by atoms with Crippen LogP contribution in [0.1, 0.15) is 32.6 Å². The predicted octanol–water partition coefficient (Wildman–Crippen LogP) is 2.55. The molecule has 0 radical (unpaired) electrons. The molecule has 1 aliphatic rings. The van der Waals surface area contributed by atoms with Crippen molar-refractivity contribution < 1.29 is 9.53 Å². The van der Waals surface area contributed by atoms with Crippen molar-refractivity contribution in [1.29, 1.82) is 0 Å². The third-order valence-corrected chi connectivity index (χ3v) is 2.72. The minimum Gasteiger partial charge on any atom is -0.449 e. The molecule has 12 heavy (non-hydrogen) atoms. The highest BCUT2D eigenvalue weighted by Gasteiger charge is 2.28. The van der Waals surface area contributed by atoms with Gasteiger partial charge in [0.25, 0.3) is 0 Å². The number of rotatable bonds is 2. The second-order valence-electron chi connectivity index (χ2n) is 3.44. The number of esters is 1. The Labute approximate surface area is 78.2 Å². The van der Waals surface area contributed by atoms with Crippen LogP contribution in [0.3, 0.4) is 0 Å². The van der Waals surface area contributed by atoms with E-state index in [4.69, 9.17) is 16.3 Å². The predicted molar refractivity (Wildman–Crippen MR) is 47.9 cm³/mol. The molecule has 0 aromatic rings. The lowest BCUT2D eigenvalue weighted by Gasteiger charge is -2.26. The first-order valence-electron chi connectivity index (χ1n) is 4.48. The van der Waals surface area contributed by atoms with Gasteiger partial charge in [-0.25, -0.2) is 0 Å². The first kappa shape index (κ1) is 9.85. The van der Waals surface area contributed by atoms with Gasteiger partial charge in [0.05, 0.1) is 5.92 Å². The average Bonchev–Trinajstić information content (AvgIpc) is 2.05. The molecular formula is C9H15ClO2. The summed E-state index contributed by atoms with van der Waals surface area (Å²) in [7, 11) is 0. The molecule has 1 saturated carbocycles. The molecule has 0 spiro atoms. The van der Waals surface area contributed by atoms with Crippen molar-refractivity contribution in [3.63, 3.8) is 0 Å². The molecule has 1 fully saturated rings. The van der Waals surface area contributed by atoms with Crippen molar-refractivity contribution in [3.8, 4) is 0 Å². The SMILES string of the molecule is CC1CCCCC1C(=O)OCCl. The third-order valence-electron chi connectivity index (χ3n) is 2.61. The fourth-order valence-corrected chi connectivity index (χ4v) is 1.93. The lowest BCUT2D eigenvalue weighted by molar-refractivity contribution is -0.149. The molecule has 0 aliphatic heterocycles. The van der Waals surface area contributed by atoms with E-state index in [0.29, 0.717) is 5.92 Å². The van der Waals surface area contributed by atoms with E-state index in [9.17, 15) is 4.79 Å². The zero-order valence-electron chi connectivity index (χ0n) is 7.38. The Hall–Kier alpha value is -0.240. The monoisotopic (exact) mass is 190 g/mol. The standard InChI is InChI=1S/C9H15ClO2/c1-7-4-2-3-5-8(7)9(11)12-6-10/h7-8H,2-6H2,1H3. The lowest BCUT2D eigenvalue weighted by atomic mass is 9.80. The summed E-state index contributed by atoms with van der Waals surface area (Å²) >= 11 is 5.32. The van der Waals surface area contributed by atoms with E-state index in [2.05, 4.69) is 6.92 Å². The molecule has 2 atom stereocenters. The van der Waals surface area contributed by atoms with E-state index in [0.717, 1.165) is 19.3 Å². The van der Waals surface area contributed by atoms with Crippen LogP contribution in [0.2, 0.25) is 0 Å². The molecule has 0 amide bonds. The maximum Gasteiger partial charge on any atom is 0.310 e. The fraction of sp³-hybridized carbons (Fsp3) is 0.889. The Morgan fingerprint density at radius 3 is 2.75 bits per heavy atom. The van der Waals surface area contributed by atoms with E-state index >= 15 is 0 Å². The summed E-state index contributed by atoms with van der Waals surface area (Å²) in [4.78, 5) is 11.3. The second kappa shape index (κ2) is 4.70. The Balaban J connectivity index is 2.42. The Kier molecular flexibility index (Phi) is 3.86. The lowest BCUT2D eigenvalue weighted by Crippen LogP contribution is -2.26. The number of hydrogen-bond donors (Lipinski definition) is 0. The Morgan fingerprint density at radius 2 is 2.17 bits per heavy atom. The normalized spacial score (nSPS) is 29.8. The van der Waals surface area contributed by atoms with E-state index in [1.54, 1.807) is 0 Å². The molecule has 0 saturated heterocycles. The van der Waals surface area contributed by atoms with Crippen LogP contribution in [-0.2, 0) is 9.53 Å². The van der Waals surface area contributed by atoms with Gasteiger partial charge < -0.3 is 4.74 Å². The Morgan fingerprint density at radius 1 is 1.50 bits per heavy atom. The number of carbonyl (C=O) groups is 1. The quantitative estimate of drug-likeness (QED) is 0.494. The summed E-state index contributed by atoms with van der Waals surface area (Å²) in [5, 5.41) is 0. The summed E-state index contributed by atoms with van der Waals surface area (Å²) in [5.41, 5.74) is 0. The molecular weight excluding hydrogens is 176 g/mol. The van der Waals surface area contributed by atoms with Crippen molar-refractivity contribution in [1.82, 2.24) is 0 Å². The van der Waals surface area contributed by atoms with Gasteiger partial charge in [-0.3, -0.25) is 4.79 Å². The smallest absolute Gasteiger partial charge is 0.310 e. The molecule has 70 valence electrons. The zero-order chi connectivity index (χ0) is 8.97. The summed E-state index contributed by atoms with van der Waals surface area (Å²) in [6, 6.07) is -0.0119. The number of carbonyl (C=O) groups excluding carboxylic acids is 1. The van der Waals surface area contributed by atoms with Crippen molar-refractivity contribution in [2.45, 2.75) is 32.6 Å². The average molecular weight is 191 g/mol. The van der Waals surface area contributed by atoms with Crippen LogP contribution in [-0.4, -0.2) is 12.0 Å². The van der Waals surface area contributed by atoms with Crippen molar-refractivity contribution in [2.24, 2.45) is 11.8 Å². The molecule has 1 aliphatic carbocycles. The maximum atomic E-state index is 11.3. The van der Waals surface area contributed by atoms with Gasteiger partial charge in [0, 0.05) is 0 Å². The molecule has 0 aromatic carbocycles. The van der Waals surface area contributed by atoms with Gasteiger partial charge in [0.2, 0.25) is 0 Å². The van der Waals surface area contributed by atoms with Crippen LogP contribution in [0.4, 0.5) is 0 Å². The van der Waals surface area contributed by atoms with Gasteiger partial charge >= 0.3 is 5.97 Å². The molecule has 0 aromatic heterocycles. The zero-order valence-corrected chi connectivity index (χ0v) is 8.14. The molecule has 0 bridgehead atoms. The third kappa shape index (κ3) is 2.37. The van der Waals surface area contributed by atoms with Crippen molar-refractivity contribution in [3.05, 3.63) is 0 Å². The van der Waals surface area contributed by atoms with Crippen LogP contribution in [0, 0.1) is 11.8 Å². The fourth-order valence-electron chi connectivity index (χ4n) is 1.83. The van der Waals surface area contributed by atoms with Crippen LogP contribution in [0.15, 0.2) is 0 Å². The topological polar surface area (TPSA) is 26.3 Å². The minimum atomic E-state index is -0.114.